The van der Waals surface area contributed by atoms with Gasteiger partial charge in [-0.3, -0.25) is 9.59 Å². The van der Waals surface area contributed by atoms with E-state index >= 15 is 0 Å². The van der Waals surface area contributed by atoms with E-state index < -0.39 is 18.4 Å². The number of aryl methyl sites for hydroxylation is 1. The molecular weight excluding hydrogens is 384 g/mol. The van der Waals surface area contributed by atoms with Gasteiger partial charge in [-0.2, -0.15) is 5.10 Å². The maximum Gasteiger partial charge on any atom is 0.380 e. The van der Waals surface area contributed by atoms with Crippen LogP contribution >= 0.6 is 0 Å². The number of carbonyl (C=O) groups excluding carboxylic acids is 3. The van der Waals surface area contributed by atoms with Crippen molar-refractivity contribution in [2.45, 2.75) is 20.3 Å². The number of benzene rings is 2. The van der Waals surface area contributed by atoms with Crippen molar-refractivity contribution >= 4 is 17.5 Å². The van der Waals surface area contributed by atoms with Crippen LogP contribution in [0.1, 0.15) is 37.7 Å². The number of nitrogens with zero attached hydrogens (tertiary/aromatic N) is 2. The highest BCUT2D eigenvalue weighted by Crippen LogP contribution is 2.26. The molecule has 0 saturated heterocycles. The van der Waals surface area contributed by atoms with Crippen LogP contribution in [-0.4, -0.2) is 40.5 Å². The van der Waals surface area contributed by atoms with Gasteiger partial charge in [0.2, 0.25) is 0 Å². The van der Waals surface area contributed by atoms with Crippen molar-refractivity contribution in [3.63, 3.8) is 0 Å². The average molecular weight is 404 g/mol. The van der Waals surface area contributed by atoms with Crippen LogP contribution in [0, 0.1) is 13.8 Å². The summed E-state index contributed by atoms with van der Waals surface area (Å²) in [5.41, 5.74) is 3.28. The molecule has 152 valence electrons. The first-order valence-corrected chi connectivity index (χ1v) is 9.57. The van der Waals surface area contributed by atoms with Crippen LogP contribution in [0.15, 0.2) is 48.5 Å². The Balaban J connectivity index is 1.46. The molecule has 4 rings (SSSR count). The minimum absolute atomic E-state index is 0.186. The molecule has 30 heavy (non-hydrogen) atoms. The van der Waals surface area contributed by atoms with Crippen molar-refractivity contribution in [1.82, 2.24) is 9.78 Å². The van der Waals surface area contributed by atoms with Crippen LogP contribution in [0.25, 0.3) is 5.69 Å². The molecule has 2 heterocycles. The number of fused-ring (bicyclic) bond motifs is 1. The summed E-state index contributed by atoms with van der Waals surface area (Å²) in [6, 6.07) is 14.4. The van der Waals surface area contributed by atoms with Gasteiger partial charge < -0.3 is 9.47 Å². The molecule has 0 unspecified atom stereocenters. The Kier molecular flexibility index (Phi) is 5.18. The van der Waals surface area contributed by atoms with Gasteiger partial charge in [0, 0.05) is 12.0 Å². The lowest BCUT2D eigenvalue weighted by Gasteiger charge is -2.06. The Labute approximate surface area is 173 Å². The number of hydrogen-bond donors (Lipinski definition) is 0. The van der Waals surface area contributed by atoms with Gasteiger partial charge >= 0.3 is 5.97 Å². The quantitative estimate of drug-likeness (QED) is 0.357. The molecule has 0 amide bonds. The summed E-state index contributed by atoms with van der Waals surface area (Å²) in [6.07, 6.45) is 0.735. The molecule has 0 fully saturated rings. The number of carbonyl (C=O) groups is 3. The monoisotopic (exact) mass is 404 g/mol. The minimum Gasteiger partial charge on any atom is -0.493 e. The van der Waals surface area contributed by atoms with E-state index in [4.69, 9.17) is 9.47 Å². The number of ether oxygens (including phenoxy) is 2. The maximum absolute atomic E-state index is 12.7. The second-order valence-corrected chi connectivity index (χ2v) is 7.04. The lowest BCUT2D eigenvalue weighted by atomic mass is 10.1. The molecular formula is C23H20N2O5. The Morgan fingerprint density at radius 3 is 2.63 bits per heavy atom. The normalized spacial score (nSPS) is 12.2. The fourth-order valence-corrected chi connectivity index (χ4v) is 3.53. The lowest BCUT2D eigenvalue weighted by Crippen LogP contribution is -2.22. The molecule has 0 N–H and O–H groups in total. The summed E-state index contributed by atoms with van der Waals surface area (Å²) in [7, 11) is 0. The second kappa shape index (κ2) is 7.94. The van der Waals surface area contributed by atoms with Crippen molar-refractivity contribution in [2.24, 2.45) is 0 Å². The van der Waals surface area contributed by atoms with Gasteiger partial charge in [0.05, 0.1) is 29.2 Å². The van der Waals surface area contributed by atoms with Crippen LogP contribution in [0.3, 0.4) is 0 Å². The molecule has 0 radical (unpaired) electrons. The third-order valence-corrected chi connectivity index (χ3v) is 5.05. The Morgan fingerprint density at radius 2 is 1.87 bits per heavy atom. The summed E-state index contributed by atoms with van der Waals surface area (Å²) in [4.78, 5) is 37.4. The topological polar surface area (TPSA) is 87.5 Å². The standard InChI is InChI=1S/C23H20N2O5/c1-14-21(15(2)25(24-14)18-6-4-3-5-7-18)22(27)23(28)30-13-19(26)16-8-9-20-17(12-16)10-11-29-20/h3-9,12H,10-11,13H2,1-2H3. The third kappa shape index (κ3) is 3.61. The number of para-hydroxylation sites is 1. The molecule has 1 aromatic heterocycles. The van der Waals surface area contributed by atoms with E-state index in [1.54, 1.807) is 36.7 Å². The van der Waals surface area contributed by atoms with Crippen LogP contribution in [-0.2, 0) is 16.0 Å². The molecule has 2 aromatic carbocycles. The summed E-state index contributed by atoms with van der Waals surface area (Å²) in [5, 5.41) is 4.37. The first kappa shape index (κ1) is 19.6. The number of esters is 1. The summed E-state index contributed by atoms with van der Waals surface area (Å²) >= 11 is 0. The van der Waals surface area contributed by atoms with E-state index in [2.05, 4.69) is 5.10 Å². The number of ketones is 2. The van der Waals surface area contributed by atoms with Crippen molar-refractivity contribution in [1.29, 1.82) is 0 Å². The average Bonchev–Trinajstić information content (AvgIpc) is 3.35. The van der Waals surface area contributed by atoms with Crippen molar-refractivity contribution in [2.75, 3.05) is 13.2 Å². The zero-order valence-electron chi connectivity index (χ0n) is 16.7. The van der Waals surface area contributed by atoms with Gasteiger partial charge in [-0.15, -0.1) is 0 Å². The molecule has 1 aliphatic rings. The van der Waals surface area contributed by atoms with Gasteiger partial charge in [-0.1, -0.05) is 18.2 Å². The molecule has 7 heteroatoms. The Morgan fingerprint density at radius 1 is 1.10 bits per heavy atom. The summed E-state index contributed by atoms with van der Waals surface area (Å²) < 4.78 is 12.0. The molecule has 0 aliphatic carbocycles. The smallest absolute Gasteiger partial charge is 0.380 e. The first-order valence-electron chi connectivity index (χ1n) is 9.57. The van der Waals surface area contributed by atoms with Crippen LogP contribution in [0.4, 0.5) is 0 Å². The van der Waals surface area contributed by atoms with Crippen molar-refractivity contribution in [3.05, 3.63) is 76.6 Å². The van der Waals surface area contributed by atoms with Crippen LogP contribution < -0.4 is 4.74 Å². The van der Waals surface area contributed by atoms with Gasteiger partial charge in [0.15, 0.2) is 12.4 Å². The zero-order chi connectivity index (χ0) is 21.3. The van der Waals surface area contributed by atoms with Gasteiger partial charge in [-0.25, -0.2) is 9.48 Å². The molecule has 0 bridgehead atoms. The SMILES string of the molecule is Cc1nn(-c2ccccc2)c(C)c1C(=O)C(=O)OCC(=O)c1ccc2c(c1)CCO2. The fraction of sp³-hybridized carbons (Fsp3) is 0.217. The maximum atomic E-state index is 12.7. The Hall–Kier alpha value is -3.74. The highest BCUT2D eigenvalue weighted by Gasteiger charge is 2.27. The van der Waals surface area contributed by atoms with Gasteiger partial charge in [0.25, 0.3) is 5.78 Å². The summed E-state index contributed by atoms with van der Waals surface area (Å²) in [6.45, 7) is 3.46. The lowest BCUT2D eigenvalue weighted by molar-refractivity contribution is -0.137. The van der Waals surface area contributed by atoms with Gasteiger partial charge in [-0.05, 0) is 49.7 Å². The molecule has 0 atom stereocenters. The zero-order valence-corrected chi connectivity index (χ0v) is 16.7. The Bertz CT molecular complexity index is 1150. The number of rotatable bonds is 6. The highest BCUT2D eigenvalue weighted by molar-refractivity contribution is 6.41. The highest BCUT2D eigenvalue weighted by atomic mass is 16.5. The molecule has 7 nitrogen and oxygen atoms in total. The summed E-state index contributed by atoms with van der Waals surface area (Å²) in [5.74, 6) is -1.51. The second-order valence-electron chi connectivity index (χ2n) is 7.04. The van der Waals surface area contributed by atoms with Crippen molar-refractivity contribution < 1.29 is 23.9 Å². The predicted molar refractivity (Wildman–Crippen MR) is 108 cm³/mol. The van der Waals surface area contributed by atoms with Crippen LogP contribution in [0.2, 0.25) is 0 Å². The van der Waals surface area contributed by atoms with E-state index in [9.17, 15) is 14.4 Å². The van der Waals surface area contributed by atoms with Crippen molar-refractivity contribution in [3.8, 4) is 11.4 Å². The molecule has 1 aliphatic heterocycles. The van der Waals surface area contributed by atoms with E-state index in [0.717, 1.165) is 23.4 Å². The predicted octanol–water partition coefficient (Wildman–Crippen LogP) is 3.03. The molecule has 0 spiro atoms. The molecule has 3 aromatic rings. The van der Waals surface area contributed by atoms with Crippen LogP contribution in [0.5, 0.6) is 5.75 Å². The largest absolute Gasteiger partial charge is 0.493 e. The van der Waals surface area contributed by atoms with E-state index in [1.165, 1.54) is 0 Å². The van der Waals surface area contributed by atoms with Gasteiger partial charge in [0.1, 0.15) is 5.75 Å². The number of hydrogen-bond acceptors (Lipinski definition) is 6. The van der Waals surface area contributed by atoms with E-state index in [1.807, 2.05) is 30.3 Å². The minimum atomic E-state index is -1.08. The fourth-order valence-electron chi connectivity index (χ4n) is 3.53. The first-order chi connectivity index (χ1) is 14.5. The molecule has 0 saturated carbocycles. The number of aromatic nitrogens is 2. The number of Topliss-reactive ketones (excluding diaryl/α,β-unsaturated/α-hetero) is 2. The third-order valence-electron chi connectivity index (χ3n) is 5.05. The van der Waals surface area contributed by atoms with E-state index in [0.29, 0.717) is 23.6 Å². The van der Waals surface area contributed by atoms with E-state index in [-0.39, 0.29) is 11.3 Å².